The Kier molecular flexibility index (Phi) is 1.83. The van der Waals surface area contributed by atoms with E-state index in [1.54, 1.807) is 6.07 Å². The number of hydrogen-bond donors (Lipinski definition) is 1. The van der Waals surface area contributed by atoms with Crippen LogP contribution in [0.4, 0.5) is 4.39 Å². The van der Waals surface area contributed by atoms with E-state index in [1.807, 2.05) is 12.1 Å². The van der Waals surface area contributed by atoms with Gasteiger partial charge in [-0.1, -0.05) is 6.07 Å². The number of halogens is 1. The van der Waals surface area contributed by atoms with Crippen molar-refractivity contribution in [1.82, 2.24) is 4.57 Å². The fourth-order valence-electron chi connectivity index (χ4n) is 2.36. The number of rotatable bonds is 0. The first kappa shape index (κ1) is 8.92. The van der Waals surface area contributed by atoms with Crippen molar-refractivity contribution in [3.63, 3.8) is 0 Å². The second-order valence-electron chi connectivity index (χ2n) is 4.11. The van der Waals surface area contributed by atoms with Crippen molar-refractivity contribution in [2.45, 2.75) is 25.5 Å². The second-order valence-corrected chi connectivity index (χ2v) is 4.11. The van der Waals surface area contributed by atoms with Crippen LogP contribution in [0.2, 0.25) is 0 Å². The van der Waals surface area contributed by atoms with Crippen molar-refractivity contribution in [2.75, 3.05) is 0 Å². The summed E-state index contributed by atoms with van der Waals surface area (Å²) in [5, 5.41) is 10.2. The maximum Gasteiger partial charge on any atom is 0.132 e. The van der Waals surface area contributed by atoms with E-state index in [0.29, 0.717) is 11.8 Å². The van der Waals surface area contributed by atoms with Gasteiger partial charge in [-0.15, -0.1) is 0 Å². The van der Waals surface area contributed by atoms with Crippen molar-refractivity contribution >= 4 is 10.9 Å². The van der Waals surface area contributed by atoms with Crippen molar-refractivity contribution in [2.24, 2.45) is 0 Å². The fourth-order valence-corrected chi connectivity index (χ4v) is 2.36. The van der Waals surface area contributed by atoms with E-state index in [-0.39, 0.29) is 11.9 Å². The van der Waals surface area contributed by atoms with Gasteiger partial charge in [-0.05, 0) is 24.6 Å². The molecule has 0 bridgehead atoms. The average Bonchev–Trinajstić information content (AvgIpc) is 2.57. The SMILES string of the molecule is OC1CCn2c(cc3c(F)cccc32)C1. The Labute approximate surface area is 86.9 Å². The fraction of sp³-hybridized carbons (Fsp3) is 0.333. The molecule has 0 saturated carbocycles. The minimum Gasteiger partial charge on any atom is -0.393 e. The zero-order valence-electron chi connectivity index (χ0n) is 8.28. The van der Waals surface area contributed by atoms with Crippen molar-refractivity contribution < 1.29 is 9.50 Å². The number of aliphatic hydroxyl groups is 1. The van der Waals surface area contributed by atoms with Crippen LogP contribution in [-0.2, 0) is 13.0 Å². The molecule has 2 aromatic rings. The number of fused-ring (bicyclic) bond motifs is 3. The van der Waals surface area contributed by atoms with E-state index in [1.165, 1.54) is 6.07 Å². The molecule has 78 valence electrons. The minimum absolute atomic E-state index is 0.177. The first-order valence-electron chi connectivity index (χ1n) is 5.20. The van der Waals surface area contributed by atoms with Crippen molar-refractivity contribution in [3.05, 3.63) is 35.8 Å². The molecule has 3 heteroatoms. The summed E-state index contributed by atoms with van der Waals surface area (Å²) in [7, 11) is 0. The molecule has 0 fully saturated rings. The van der Waals surface area contributed by atoms with Crippen LogP contribution >= 0.6 is 0 Å². The summed E-state index contributed by atoms with van der Waals surface area (Å²) < 4.78 is 15.6. The van der Waals surface area contributed by atoms with E-state index in [9.17, 15) is 9.50 Å². The Bertz CT molecular complexity index is 518. The van der Waals surface area contributed by atoms with Gasteiger partial charge in [-0.25, -0.2) is 4.39 Å². The van der Waals surface area contributed by atoms with Gasteiger partial charge in [-0.2, -0.15) is 0 Å². The standard InChI is InChI=1S/C12H12FNO/c13-11-2-1-3-12-10(11)7-8-6-9(15)4-5-14(8)12/h1-3,7,9,15H,4-6H2. The molecule has 1 aromatic carbocycles. The molecule has 0 aliphatic carbocycles. The molecule has 1 N–H and O–H groups in total. The lowest BCUT2D eigenvalue weighted by atomic mass is 10.1. The lowest BCUT2D eigenvalue weighted by Crippen LogP contribution is -2.22. The molecule has 0 radical (unpaired) electrons. The minimum atomic E-state index is -0.273. The van der Waals surface area contributed by atoms with Crippen LogP contribution in [-0.4, -0.2) is 15.8 Å². The topological polar surface area (TPSA) is 25.2 Å². The van der Waals surface area contributed by atoms with E-state index in [0.717, 1.165) is 24.2 Å². The molecule has 1 aromatic heterocycles. The summed E-state index contributed by atoms with van der Waals surface area (Å²) in [5.41, 5.74) is 1.98. The highest BCUT2D eigenvalue weighted by molar-refractivity contribution is 5.82. The van der Waals surface area contributed by atoms with Crippen LogP contribution in [0, 0.1) is 5.82 Å². The van der Waals surface area contributed by atoms with Crippen LogP contribution in [0.1, 0.15) is 12.1 Å². The summed E-state index contributed by atoms with van der Waals surface area (Å²) in [6.07, 6.45) is 1.12. The highest BCUT2D eigenvalue weighted by Crippen LogP contribution is 2.27. The number of aliphatic hydroxyl groups excluding tert-OH is 1. The van der Waals surface area contributed by atoms with Crippen LogP contribution in [0.25, 0.3) is 10.9 Å². The Morgan fingerprint density at radius 1 is 1.40 bits per heavy atom. The summed E-state index contributed by atoms with van der Waals surface area (Å²) in [5.74, 6) is -0.177. The third-order valence-electron chi connectivity index (χ3n) is 3.11. The van der Waals surface area contributed by atoms with Crippen LogP contribution in [0.3, 0.4) is 0 Å². The van der Waals surface area contributed by atoms with Crippen molar-refractivity contribution in [1.29, 1.82) is 0 Å². The van der Waals surface area contributed by atoms with Gasteiger partial charge in [0.05, 0.1) is 11.6 Å². The maximum atomic E-state index is 13.5. The molecule has 1 atom stereocenters. The van der Waals surface area contributed by atoms with Gasteiger partial charge >= 0.3 is 0 Å². The van der Waals surface area contributed by atoms with Crippen LogP contribution < -0.4 is 0 Å². The number of aromatic nitrogens is 1. The van der Waals surface area contributed by atoms with Crippen LogP contribution in [0.15, 0.2) is 24.3 Å². The Hall–Kier alpha value is -1.35. The summed E-state index contributed by atoms with van der Waals surface area (Å²) in [6.45, 7) is 0.781. The number of aryl methyl sites for hydroxylation is 1. The molecule has 1 aliphatic heterocycles. The predicted octanol–water partition coefficient (Wildman–Crippen LogP) is 2.09. The Morgan fingerprint density at radius 2 is 2.27 bits per heavy atom. The molecule has 3 rings (SSSR count). The van der Waals surface area contributed by atoms with Gasteiger partial charge < -0.3 is 9.67 Å². The van der Waals surface area contributed by atoms with E-state index < -0.39 is 0 Å². The van der Waals surface area contributed by atoms with Gasteiger partial charge in [0.1, 0.15) is 5.82 Å². The molecule has 1 aliphatic rings. The molecule has 0 saturated heterocycles. The van der Waals surface area contributed by atoms with E-state index >= 15 is 0 Å². The lowest BCUT2D eigenvalue weighted by Gasteiger charge is -2.20. The third kappa shape index (κ3) is 1.27. The summed E-state index contributed by atoms with van der Waals surface area (Å²) >= 11 is 0. The third-order valence-corrected chi connectivity index (χ3v) is 3.11. The van der Waals surface area contributed by atoms with Gasteiger partial charge in [0, 0.05) is 24.0 Å². The summed E-state index contributed by atoms with van der Waals surface area (Å²) in [4.78, 5) is 0. The largest absolute Gasteiger partial charge is 0.393 e. The number of nitrogens with zero attached hydrogens (tertiary/aromatic N) is 1. The molecule has 2 heterocycles. The van der Waals surface area contributed by atoms with E-state index in [2.05, 4.69) is 4.57 Å². The molecular formula is C12H12FNO. The van der Waals surface area contributed by atoms with Crippen molar-refractivity contribution in [3.8, 4) is 0 Å². The molecule has 1 unspecified atom stereocenters. The molecule has 15 heavy (non-hydrogen) atoms. The average molecular weight is 205 g/mol. The zero-order chi connectivity index (χ0) is 10.4. The highest BCUT2D eigenvalue weighted by Gasteiger charge is 2.19. The number of benzene rings is 1. The monoisotopic (exact) mass is 205 g/mol. The summed E-state index contributed by atoms with van der Waals surface area (Å²) in [6, 6.07) is 6.99. The first-order chi connectivity index (χ1) is 7.25. The molecular weight excluding hydrogens is 193 g/mol. The smallest absolute Gasteiger partial charge is 0.132 e. The predicted molar refractivity (Wildman–Crippen MR) is 56.2 cm³/mol. The molecule has 2 nitrogen and oxygen atoms in total. The van der Waals surface area contributed by atoms with Gasteiger partial charge in [0.25, 0.3) is 0 Å². The quantitative estimate of drug-likeness (QED) is 0.700. The Morgan fingerprint density at radius 3 is 3.13 bits per heavy atom. The highest BCUT2D eigenvalue weighted by atomic mass is 19.1. The normalized spacial score (nSPS) is 20.5. The van der Waals surface area contributed by atoms with E-state index in [4.69, 9.17) is 0 Å². The van der Waals surface area contributed by atoms with Gasteiger partial charge in [0.2, 0.25) is 0 Å². The molecule has 0 spiro atoms. The zero-order valence-corrected chi connectivity index (χ0v) is 8.28. The Balaban J connectivity index is 2.27. The van der Waals surface area contributed by atoms with Crippen LogP contribution in [0.5, 0.6) is 0 Å². The second kappa shape index (κ2) is 3.07. The number of hydrogen-bond acceptors (Lipinski definition) is 1. The van der Waals surface area contributed by atoms with Gasteiger partial charge in [0.15, 0.2) is 0 Å². The van der Waals surface area contributed by atoms with Gasteiger partial charge in [-0.3, -0.25) is 0 Å². The maximum absolute atomic E-state index is 13.5. The lowest BCUT2D eigenvalue weighted by molar-refractivity contribution is 0.144. The molecule has 0 amide bonds. The first-order valence-corrected chi connectivity index (χ1v) is 5.20.